The van der Waals surface area contributed by atoms with Gasteiger partial charge < -0.3 is 15.0 Å². The third-order valence-corrected chi connectivity index (χ3v) is 8.17. The quantitative estimate of drug-likeness (QED) is 0.169. The number of esters is 1. The average molecular weight is 573 g/mol. The molecular weight excluding hydrogens is 544 g/mol. The number of carbonyl (C=O) groups excluding carboxylic acids is 3. The minimum absolute atomic E-state index is 0.0636. The van der Waals surface area contributed by atoms with Gasteiger partial charge in [0.05, 0.1) is 17.0 Å². The fourth-order valence-corrected chi connectivity index (χ4v) is 6.19. The number of rotatable bonds is 10. The number of benzene rings is 3. The van der Waals surface area contributed by atoms with Crippen molar-refractivity contribution in [1.29, 1.82) is 0 Å². The Morgan fingerprint density at radius 3 is 2.27 bits per heavy atom. The van der Waals surface area contributed by atoms with Crippen LogP contribution in [0.3, 0.4) is 0 Å². The highest BCUT2D eigenvalue weighted by Gasteiger charge is 2.55. The standard InChI is InChI=1S/C30H28N4O6S/c1-32(17-21-10-6-3-7-11-21)24-19-41-29-26(31-25(35)16-20-8-4-2-5-9-20)28(36)33(29)27(24)30(37)40-18-22-12-14-23(15-13-22)34(38)39/h2-15,26,29H,16-19H2,1H3,(H,31,35)/t26?,29-/m0/s1. The third kappa shape index (κ3) is 6.25. The lowest BCUT2D eigenvalue weighted by molar-refractivity contribution is -0.384. The molecule has 0 aromatic heterocycles. The molecule has 0 radical (unpaired) electrons. The van der Waals surface area contributed by atoms with Crippen molar-refractivity contribution >= 4 is 35.2 Å². The molecule has 2 aliphatic rings. The monoisotopic (exact) mass is 572 g/mol. The Morgan fingerprint density at radius 1 is 1.00 bits per heavy atom. The summed E-state index contributed by atoms with van der Waals surface area (Å²) in [6, 6.07) is 24.0. The minimum Gasteiger partial charge on any atom is -0.456 e. The maximum atomic E-state index is 13.5. The van der Waals surface area contributed by atoms with Crippen molar-refractivity contribution in [3.63, 3.8) is 0 Å². The van der Waals surface area contributed by atoms with E-state index in [-0.39, 0.29) is 36.2 Å². The van der Waals surface area contributed by atoms with Gasteiger partial charge in [-0.3, -0.25) is 24.6 Å². The number of fused-ring (bicyclic) bond motifs is 1. The number of carbonyl (C=O) groups is 3. The molecular formula is C30H28N4O6S. The molecule has 1 unspecified atom stereocenters. The number of nitro groups is 1. The Labute approximate surface area is 241 Å². The Hall–Kier alpha value is -4.64. The second kappa shape index (κ2) is 12.3. The first kappa shape index (κ1) is 27.9. The molecule has 1 fully saturated rings. The van der Waals surface area contributed by atoms with Crippen molar-refractivity contribution in [2.45, 2.75) is 31.0 Å². The van der Waals surface area contributed by atoms with E-state index < -0.39 is 22.3 Å². The number of non-ortho nitro benzene ring substituents is 1. The van der Waals surface area contributed by atoms with Crippen molar-refractivity contribution in [1.82, 2.24) is 15.1 Å². The first-order valence-corrected chi connectivity index (χ1v) is 14.0. The molecule has 2 amide bonds. The van der Waals surface area contributed by atoms with Gasteiger partial charge in [0.25, 0.3) is 11.6 Å². The Balaban J connectivity index is 1.34. The van der Waals surface area contributed by atoms with Crippen molar-refractivity contribution in [3.8, 4) is 0 Å². The van der Waals surface area contributed by atoms with Gasteiger partial charge in [0.2, 0.25) is 5.91 Å². The number of thioether (sulfide) groups is 1. The number of hydrogen-bond donors (Lipinski definition) is 1. The molecule has 41 heavy (non-hydrogen) atoms. The summed E-state index contributed by atoms with van der Waals surface area (Å²) < 4.78 is 5.61. The molecule has 0 saturated carbocycles. The number of ether oxygens (including phenoxy) is 1. The number of nitro benzene ring substituents is 1. The van der Waals surface area contributed by atoms with Crippen LogP contribution in [0.5, 0.6) is 0 Å². The molecule has 210 valence electrons. The zero-order valence-electron chi connectivity index (χ0n) is 22.3. The minimum atomic E-state index is -0.755. The van der Waals surface area contributed by atoms with E-state index in [4.69, 9.17) is 4.74 Å². The van der Waals surface area contributed by atoms with E-state index in [0.717, 1.165) is 11.1 Å². The molecule has 1 N–H and O–H groups in total. The second-order valence-electron chi connectivity index (χ2n) is 9.75. The number of hydrogen-bond acceptors (Lipinski definition) is 8. The van der Waals surface area contributed by atoms with Gasteiger partial charge in [-0.15, -0.1) is 11.8 Å². The lowest BCUT2D eigenvalue weighted by Gasteiger charge is -2.50. The predicted octanol–water partition coefficient (Wildman–Crippen LogP) is 3.62. The first-order valence-electron chi connectivity index (χ1n) is 13.0. The van der Waals surface area contributed by atoms with Crippen LogP contribution in [-0.4, -0.2) is 56.7 Å². The van der Waals surface area contributed by atoms with Gasteiger partial charge >= 0.3 is 5.97 Å². The van der Waals surface area contributed by atoms with Gasteiger partial charge in [-0.25, -0.2) is 4.79 Å². The van der Waals surface area contributed by atoms with Crippen molar-refractivity contribution in [2.75, 3.05) is 12.8 Å². The van der Waals surface area contributed by atoms with E-state index in [9.17, 15) is 24.5 Å². The van der Waals surface area contributed by atoms with Crippen LogP contribution in [0.25, 0.3) is 0 Å². The highest BCUT2D eigenvalue weighted by Crippen LogP contribution is 2.41. The molecule has 1 saturated heterocycles. The summed E-state index contributed by atoms with van der Waals surface area (Å²) in [4.78, 5) is 53.4. The van der Waals surface area contributed by atoms with Crippen LogP contribution in [0, 0.1) is 10.1 Å². The molecule has 5 rings (SSSR count). The summed E-state index contributed by atoms with van der Waals surface area (Å²) in [6.45, 7) is 0.396. The van der Waals surface area contributed by atoms with E-state index in [1.165, 1.54) is 40.9 Å². The molecule has 11 heteroatoms. The summed E-state index contributed by atoms with van der Waals surface area (Å²) in [5.41, 5.74) is 3.18. The SMILES string of the molecule is CN(Cc1ccccc1)C1=C(C(=O)OCc2ccc([N+](=O)[O-])cc2)N2C(=O)C(NC(=O)Cc3ccccc3)[C@@H]2SC1. The first-order chi connectivity index (χ1) is 19.8. The Kier molecular flexibility index (Phi) is 8.34. The lowest BCUT2D eigenvalue weighted by Crippen LogP contribution is -2.71. The smallest absolute Gasteiger partial charge is 0.357 e. The number of nitrogens with zero attached hydrogens (tertiary/aromatic N) is 3. The molecule has 0 bridgehead atoms. The topological polar surface area (TPSA) is 122 Å². The van der Waals surface area contributed by atoms with Crippen LogP contribution in [0.4, 0.5) is 5.69 Å². The number of amides is 2. The Morgan fingerprint density at radius 2 is 1.63 bits per heavy atom. The van der Waals surface area contributed by atoms with Crippen LogP contribution < -0.4 is 5.32 Å². The zero-order chi connectivity index (χ0) is 28.9. The average Bonchev–Trinajstić information content (AvgIpc) is 2.99. The summed E-state index contributed by atoms with van der Waals surface area (Å²) in [5, 5.41) is 13.3. The summed E-state index contributed by atoms with van der Waals surface area (Å²) in [7, 11) is 1.86. The second-order valence-corrected chi connectivity index (χ2v) is 10.9. The largest absolute Gasteiger partial charge is 0.456 e. The van der Waals surface area contributed by atoms with Crippen molar-refractivity contribution in [3.05, 3.63) is 123 Å². The van der Waals surface area contributed by atoms with Gasteiger partial charge in [-0.1, -0.05) is 60.7 Å². The highest BCUT2D eigenvalue weighted by atomic mass is 32.2. The summed E-state index contributed by atoms with van der Waals surface area (Å²) in [5.74, 6) is -0.888. The van der Waals surface area contributed by atoms with Crippen molar-refractivity contribution in [2.24, 2.45) is 0 Å². The number of nitrogens with one attached hydrogen (secondary N) is 1. The van der Waals surface area contributed by atoms with Crippen LogP contribution in [0.2, 0.25) is 0 Å². The molecule has 10 nitrogen and oxygen atoms in total. The fraction of sp³-hybridized carbons (Fsp3) is 0.233. The summed E-state index contributed by atoms with van der Waals surface area (Å²) >= 11 is 1.48. The normalized spacial score (nSPS) is 17.8. The molecule has 2 aliphatic heterocycles. The molecule has 3 aromatic carbocycles. The van der Waals surface area contributed by atoms with Gasteiger partial charge in [0.15, 0.2) is 5.70 Å². The maximum absolute atomic E-state index is 13.5. The van der Waals surface area contributed by atoms with E-state index in [0.29, 0.717) is 23.6 Å². The molecule has 3 aromatic rings. The molecule has 0 aliphatic carbocycles. The molecule has 2 atom stereocenters. The van der Waals surface area contributed by atoms with Crippen molar-refractivity contribution < 1.29 is 24.0 Å². The molecule has 2 heterocycles. The van der Waals surface area contributed by atoms with E-state index >= 15 is 0 Å². The Bertz CT molecular complexity index is 1480. The van der Waals surface area contributed by atoms with Gasteiger partial charge in [0.1, 0.15) is 18.0 Å². The van der Waals surface area contributed by atoms with E-state index in [1.54, 1.807) is 0 Å². The summed E-state index contributed by atoms with van der Waals surface area (Å²) in [6.07, 6.45) is 0.146. The van der Waals surface area contributed by atoms with Gasteiger partial charge in [0, 0.05) is 31.5 Å². The van der Waals surface area contributed by atoms with Crippen LogP contribution in [-0.2, 0) is 38.7 Å². The van der Waals surface area contributed by atoms with Gasteiger partial charge in [-0.2, -0.15) is 0 Å². The third-order valence-electron chi connectivity index (χ3n) is 6.91. The van der Waals surface area contributed by atoms with Crippen LogP contribution >= 0.6 is 11.8 Å². The van der Waals surface area contributed by atoms with E-state index in [2.05, 4.69) is 5.32 Å². The van der Waals surface area contributed by atoms with Crippen LogP contribution in [0.1, 0.15) is 16.7 Å². The lowest BCUT2D eigenvalue weighted by atomic mass is 10.0. The van der Waals surface area contributed by atoms with Gasteiger partial charge in [-0.05, 0) is 28.8 Å². The highest BCUT2D eigenvalue weighted by molar-refractivity contribution is 8.00. The fourth-order valence-electron chi connectivity index (χ4n) is 4.77. The predicted molar refractivity (Wildman–Crippen MR) is 153 cm³/mol. The van der Waals surface area contributed by atoms with E-state index in [1.807, 2.05) is 72.6 Å². The van der Waals surface area contributed by atoms with Crippen LogP contribution in [0.15, 0.2) is 96.3 Å². The zero-order valence-corrected chi connectivity index (χ0v) is 23.1. The maximum Gasteiger partial charge on any atom is 0.357 e. The molecule has 0 spiro atoms. The number of β-lactam (4-membered cyclic amide) rings is 1.